The summed E-state index contributed by atoms with van der Waals surface area (Å²) < 4.78 is 6.23. The molecule has 1 aliphatic rings. The molecule has 0 aliphatic carbocycles. The van der Waals surface area contributed by atoms with Crippen LogP contribution in [0.1, 0.15) is 35.9 Å². The summed E-state index contributed by atoms with van der Waals surface area (Å²) in [7, 11) is 0. The first-order valence-corrected chi connectivity index (χ1v) is 7.73. The summed E-state index contributed by atoms with van der Waals surface area (Å²) in [4.78, 5) is 0. The minimum Gasteiger partial charge on any atom is -0.471 e. The minimum atomic E-state index is -0.0933. The average molecular weight is 289 g/mol. The molecule has 0 saturated carbocycles. The van der Waals surface area contributed by atoms with Gasteiger partial charge in [0.25, 0.3) is 0 Å². The number of hydrogen-bond donors (Lipinski definition) is 1. The molecule has 1 aliphatic heterocycles. The van der Waals surface area contributed by atoms with Gasteiger partial charge in [0.15, 0.2) is 6.23 Å². The highest BCUT2D eigenvalue weighted by molar-refractivity contribution is 5.88. The maximum atomic E-state index is 6.23. The number of ether oxygens (including phenoxy) is 1. The molecule has 0 spiro atoms. The highest BCUT2D eigenvalue weighted by atomic mass is 16.5. The van der Waals surface area contributed by atoms with Crippen molar-refractivity contribution in [1.29, 1.82) is 0 Å². The van der Waals surface area contributed by atoms with E-state index in [-0.39, 0.29) is 12.3 Å². The van der Waals surface area contributed by atoms with E-state index in [2.05, 4.69) is 79.8 Å². The van der Waals surface area contributed by atoms with Gasteiger partial charge < -0.3 is 4.74 Å². The van der Waals surface area contributed by atoms with E-state index in [0.29, 0.717) is 0 Å². The van der Waals surface area contributed by atoms with Crippen molar-refractivity contribution in [3.05, 3.63) is 77.4 Å². The van der Waals surface area contributed by atoms with Crippen molar-refractivity contribution in [2.24, 2.45) is 0 Å². The first-order valence-electron chi connectivity index (χ1n) is 7.73. The average Bonchev–Trinajstić information content (AvgIpc) is 2.55. The molecular formula is C20H19NO. The molecule has 0 fully saturated rings. The molecule has 3 aromatic carbocycles. The van der Waals surface area contributed by atoms with Crippen LogP contribution in [0.2, 0.25) is 0 Å². The molecule has 0 radical (unpaired) electrons. The van der Waals surface area contributed by atoms with Gasteiger partial charge in [-0.05, 0) is 30.7 Å². The molecule has 1 N–H and O–H groups in total. The number of fused-ring (bicyclic) bond motifs is 3. The lowest BCUT2D eigenvalue weighted by Crippen LogP contribution is -2.33. The standard InChI is InChI=1S/C20H19NO/c1-13-7-9-16(10-8-13)20-21-14(2)19-17-6-4-3-5-15(17)11-12-18(19)22-20/h3-12,14,20-21H,1-2H3. The van der Waals surface area contributed by atoms with Crippen LogP contribution in [0.15, 0.2) is 60.7 Å². The van der Waals surface area contributed by atoms with Crippen molar-refractivity contribution in [3.8, 4) is 5.75 Å². The van der Waals surface area contributed by atoms with Gasteiger partial charge in [0.2, 0.25) is 0 Å². The normalized spacial score (nSPS) is 20.5. The first-order chi connectivity index (χ1) is 10.7. The summed E-state index contributed by atoms with van der Waals surface area (Å²) in [5, 5.41) is 6.10. The molecule has 2 atom stereocenters. The second kappa shape index (κ2) is 5.15. The summed E-state index contributed by atoms with van der Waals surface area (Å²) in [5.74, 6) is 0.982. The van der Waals surface area contributed by atoms with Crippen molar-refractivity contribution in [2.75, 3.05) is 0 Å². The Morgan fingerprint density at radius 1 is 0.909 bits per heavy atom. The molecule has 110 valence electrons. The summed E-state index contributed by atoms with van der Waals surface area (Å²) in [5.41, 5.74) is 3.68. The predicted octanol–water partition coefficient (Wildman–Crippen LogP) is 4.89. The van der Waals surface area contributed by atoms with E-state index in [0.717, 1.165) is 11.3 Å². The number of hydrogen-bond acceptors (Lipinski definition) is 2. The molecule has 2 nitrogen and oxygen atoms in total. The Bertz CT molecular complexity index is 823. The van der Waals surface area contributed by atoms with E-state index < -0.39 is 0 Å². The Morgan fingerprint density at radius 2 is 1.68 bits per heavy atom. The van der Waals surface area contributed by atoms with E-state index in [1.165, 1.54) is 21.9 Å². The predicted molar refractivity (Wildman–Crippen MR) is 90.0 cm³/mol. The minimum absolute atomic E-state index is 0.0933. The zero-order valence-corrected chi connectivity index (χ0v) is 12.8. The molecule has 0 aromatic heterocycles. The fraction of sp³-hybridized carbons (Fsp3) is 0.200. The van der Waals surface area contributed by atoms with Crippen LogP contribution in [0.5, 0.6) is 5.75 Å². The lowest BCUT2D eigenvalue weighted by atomic mass is 9.96. The van der Waals surface area contributed by atoms with Crippen molar-refractivity contribution >= 4 is 10.8 Å². The quantitative estimate of drug-likeness (QED) is 0.688. The molecule has 0 saturated heterocycles. The van der Waals surface area contributed by atoms with E-state index in [1.54, 1.807) is 0 Å². The van der Waals surface area contributed by atoms with Crippen molar-refractivity contribution in [1.82, 2.24) is 5.32 Å². The van der Waals surface area contributed by atoms with Gasteiger partial charge in [-0.25, -0.2) is 0 Å². The van der Waals surface area contributed by atoms with Crippen molar-refractivity contribution in [3.63, 3.8) is 0 Å². The van der Waals surface area contributed by atoms with Crippen LogP contribution in [0.4, 0.5) is 0 Å². The van der Waals surface area contributed by atoms with Gasteiger partial charge in [0.1, 0.15) is 5.75 Å². The molecule has 2 heteroatoms. The van der Waals surface area contributed by atoms with Crippen LogP contribution >= 0.6 is 0 Å². The molecule has 22 heavy (non-hydrogen) atoms. The second-order valence-corrected chi connectivity index (χ2v) is 6.00. The molecule has 4 rings (SSSR count). The maximum Gasteiger partial charge on any atom is 0.176 e. The van der Waals surface area contributed by atoms with Gasteiger partial charge in [0, 0.05) is 17.2 Å². The largest absolute Gasteiger partial charge is 0.471 e. The number of nitrogens with one attached hydrogen (secondary N) is 1. The third-order valence-corrected chi connectivity index (χ3v) is 4.39. The highest BCUT2D eigenvalue weighted by Gasteiger charge is 2.27. The Labute approximate surface area is 130 Å². The Kier molecular flexibility index (Phi) is 3.12. The van der Waals surface area contributed by atoms with Gasteiger partial charge in [-0.2, -0.15) is 0 Å². The smallest absolute Gasteiger partial charge is 0.176 e. The number of aryl methyl sites for hydroxylation is 1. The maximum absolute atomic E-state index is 6.23. The second-order valence-electron chi connectivity index (χ2n) is 6.00. The SMILES string of the molecule is Cc1ccc(C2NC(C)c3c(ccc4ccccc34)O2)cc1. The molecule has 2 unspecified atom stereocenters. The van der Waals surface area contributed by atoms with Gasteiger partial charge >= 0.3 is 0 Å². The topological polar surface area (TPSA) is 21.3 Å². The lowest BCUT2D eigenvalue weighted by molar-refractivity contribution is 0.129. The molecule has 0 amide bonds. The summed E-state index contributed by atoms with van der Waals surface area (Å²) in [6.07, 6.45) is -0.0933. The zero-order chi connectivity index (χ0) is 15.1. The van der Waals surface area contributed by atoms with Gasteiger partial charge in [-0.1, -0.05) is 60.2 Å². The molecular weight excluding hydrogens is 270 g/mol. The van der Waals surface area contributed by atoms with E-state index in [9.17, 15) is 0 Å². The monoisotopic (exact) mass is 289 g/mol. The van der Waals surface area contributed by atoms with E-state index in [1.807, 2.05) is 0 Å². The van der Waals surface area contributed by atoms with Crippen LogP contribution in [0.3, 0.4) is 0 Å². The molecule has 0 bridgehead atoms. The van der Waals surface area contributed by atoms with Gasteiger partial charge in [0.05, 0.1) is 0 Å². The van der Waals surface area contributed by atoms with Crippen LogP contribution in [0.25, 0.3) is 10.8 Å². The van der Waals surface area contributed by atoms with Crippen LogP contribution in [-0.4, -0.2) is 0 Å². The third kappa shape index (κ3) is 2.16. The Hall–Kier alpha value is -2.32. The molecule has 1 heterocycles. The third-order valence-electron chi connectivity index (χ3n) is 4.39. The zero-order valence-electron chi connectivity index (χ0n) is 12.8. The van der Waals surface area contributed by atoms with Crippen LogP contribution in [0, 0.1) is 6.92 Å². The highest BCUT2D eigenvalue weighted by Crippen LogP contribution is 2.39. The Morgan fingerprint density at radius 3 is 2.50 bits per heavy atom. The van der Waals surface area contributed by atoms with Crippen molar-refractivity contribution < 1.29 is 4.74 Å². The first kappa shape index (κ1) is 13.4. The molecule has 3 aromatic rings. The summed E-state index contributed by atoms with van der Waals surface area (Å²) in [6, 6.07) is 21.5. The van der Waals surface area contributed by atoms with E-state index >= 15 is 0 Å². The lowest BCUT2D eigenvalue weighted by Gasteiger charge is -2.33. The van der Waals surface area contributed by atoms with Crippen LogP contribution in [-0.2, 0) is 0 Å². The summed E-state index contributed by atoms with van der Waals surface area (Å²) in [6.45, 7) is 4.30. The van der Waals surface area contributed by atoms with Gasteiger partial charge in [-0.3, -0.25) is 5.32 Å². The van der Waals surface area contributed by atoms with Crippen molar-refractivity contribution in [2.45, 2.75) is 26.1 Å². The Balaban J connectivity index is 1.77. The van der Waals surface area contributed by atoms with E-state index in [4.69, 9.17) is 4.74 Å². The number of benzene rings is 3. The fourth-order valence-electron chi connectivity index (χ4n) is 3.20. The van der Waals surface area contributed by atoms with Gasteiger partial charge in [-0.15, -0.1) is 0 Å². The fourth-order valence-corrected chi connectivity index (χ4v) is 3.20. The van der Waals surface area contributed by atoms with Crippen LogP contribution < -0.4 is 10.1 Å². The number of rotatable bonds is 1. The summed E-state index contributed by atoms with van der Waals surface area (Å²) >= 11 is 0.